The Kier molecular flexibility index (Phi) is 8.42. The average molecular weight is 355 g/mol. The molecule has 1 rings (SSSR count). The molecule has 1 aromatic carbocycles. The highest BCUT2D eigenvalue weighted by Gasteiger charge is 2.10. The Morgan fingerprint density at radius 2 is 1.54 bits per heavy atom. The molecule has 0 aliphatic heterocycles. The summed E-state index contributed by atoms with van der Waals surface area (Å²) in [7, 11) is -2.08. The van der Waals surface area contributed by atoms with Gasteiger partial charge in [0, 0.05) is 25.9 Å². The zero-order valence-corrected chi connectivity index (χ0v) is 14.9. The summed E-state index contributed by atoms with van der Waals surface area (Å²) in [5.74, 6) is -0.205. The first-order chi connectivity index (χ1) is 11.4. The van der Waals surface area contributed by atoms with Crippen molar-refractivity contribution in [3.05, 3.63) is 29.8 Å². The second-order valence-electron chi connectivity index (χ2n) is 5.30. The van der Waals surface area contributed by atoms with Crippen molar-refractivity contribution >= 4 is 21.8 Å². The van der Waals surface area contributed by atoms with Crippen molar-refractivity contribution < 1.29 is 18.0 Å². The van der Waals surface area contributed by atoms with Gasteiger partial charge < -0.3 is 10.6 Å². The molecular formula is C16H25N3O4S. The molecule has 134 valence electrons. The van der Waals surface area contributed by atoms with Crippen LogP contribution >= 0.6 is 0 Å². The number of nitrogens with one attached hydrogen (secondary N) is 3. The Balaban J connectivity index is 2.33. The van der Waals surface area contributed by atoms with Gasteiger partial charge in [0.25, 0.3) is 0 Å². The number of aryl methyl sites for hydroxylation is 1. The standard InChI is InChI=1S/C16H25N3O4S/c1-3-11-18-16(21)10-12-19-15(20)9-6-13-4-7-14(8-5-13)24(22,23)17-2/h4-5,7-8,17H,3,6,9-12H2,1-2H3,(H,18,21)(H,19,20). The number of sulfonamides is 1. The molecular weight excluding hydrogens is 330 g/mol. The van der Waals surface area contributed by atoms with Crippen LogP contribution < -0.4 is 15.4 Å². The molecule has 0 aliphatic carbocycles. The summed E-state index contributed by atoms with van der Waals surface area (Å²) in [5, 5.41) is 5.44. The predicted molar refractivity (Wildman–Crippen MR) is 91.9 cm³/mol. The first-order valence-corrected chi connectivity index (χ1v) is 9.43. The Hall–Kier alpha value is -1.93. The number of carbonyl (C=O) groups is 2. The van der Waals surface area contributed by atoms with Crippen LogP contribution in [0.4, 0.5) is 0 Å². The molecule has 0 aliphatic rings. The fourth-order valence-corrected chi connectivity index (χ4v) is 2.70. The summed E-state index contributed by atoms with van der Waals surface area (Å²) in [6.07, 6.45) is 1.94. The van der Waals surface area contributed by atoms with Crippen LogP contribution in [0.3, 0.4) is 0 Å². The molecule has 7 nitrogen and oxygen atoms in total. The largest absolute Gasteiger partial charge is 0.356 e. The second kappa shape index (κ2) is 10.0. The van der Waals surface area contributed by atoms with Crippen LogP contribution in [0.25, 0.3) is 0 Å². The van der Waals surface area contributed by atoms with Crippen molar-refractivity contribution in [2.75, 3.05) is 20.1 Å². The lowest BCUT2D eigenvalue weighted by Gasteiger charge is -2.07. The Labute approximate surface area is 143 Å². The minimum Gasteiger partial charge on any atom is -0.356 e. The molecule has 3 N–H and O–H groups in total. The van der Waals surface area contributed by atoms with Gasteiger partial charge in [-0.1, -0.05) is 19.1 Å². The van der Waals surface area contributed by atoms with Gasteiger partial charge in [-0.3, -0.25) is 9.59 Å². The van der Waals surface area contributed by atoms with Gasteiger partial charge in [-0.25, -0.2) is 13.1 Å². The molecule has 1 aromatic rings. The smallest absolute Gasteiger partial charge is 0.240 e. The third kappa shape index (κ3) is 7.10. The van der Waals surface area contributed by atoms with Crippen LogP contribution in [0.5, 0.6) is 0 Å². The maximum absolute atomic E-state index is 11.7. The molecule has 8 heteroatoms. The van der Waals surface area contributed by atoms with Crippen molar-refractivity contribution in [2.45, 2.75) is 37.5 Å². The van der Waals surface area contributed by atoms with Crippen molar-refractivity contribution in [1.29, 1.82) is 0 Å². The van der Waals surface area contributed by atoms with E-state index >= 15 is 0 Å². The first kappa shape index (κ1) is 20.1. The van der Waals surface area contributed by atoms with Crippen LogP contribution in [-0.2, 0) is 26.0 Å². The molecule has 0 atom stereocenters. The van der Waals surface area contributed by atoms with Crippen LogP contribution in [0, 0.1) is 0 Å². The summed E-state index contributed by atoms with van der Waals surface area (Å²) in [5.41, 5.74) is 0.876. The lowest BCUT2D eigenvalue weighted by molar-refractivity contribution is -0.122. The van der Waals surface area contributed by atoms with E-state index in [0.717, 1.165) is 12.0 Å². The molecule has 0 saturated heterocycles. The maximum Gasteiger partial charge on any atom is 0.240 e. The van der Waals surface area contributed by atoms with Crippen LogP contribution in [0.2, 0.25) is 0 Å². The van der Waals surface area contributed by atoms with E-state index in [-0.39, 0.29) is 29.6 Å². The number of amides is 2. The van der Waals surface area contributed by atoms with Gasteiger partial charge >= 0.3 is 0 Å². The highest BCUT2D eigenvalue weighted by atomic mass is 32.2. The molecule has 0 bridgehead atoms. The highest BCUT2D eigenvalue weighted by Crippen LogP contribution is 2.11. The van der Waals surface area contributed by atoms with Crippen molar-refractivity contribution in [3.63, 3.8) is 0 Å². The number of rotatable bonds is 10. The monoisotopic (exact) mass is 355 g/mol. The summed E-state index contributed by atoms with van der Waals surface area (Å²) < 4.78 is 25.5. The average Bonchev–Trinajstić information content (AvgIpc) is 2.58. The zero-order chi connectivity index (χ0) is 18.0. The molecule has 0 radical (unpaired) electrons. The Morgan fingerprint density at radius 1 is 0.958 bits per heavy atom. The lowest BCUT2D eigenvalue weighted by Crippen LogP contribution is -2.31. The Morgan fingerprint density at radius 3 is 2.12 bits per heavy atom. The molecule has 0 fully saturated rings. The minimum atomic E-state index is -3.44. The van der Waals surface area contributed by atoms with Crippen molar-refractivity contribution in [3.8, 4) is 0 Å². The fraction of sp³-hybridized carbons (Fsp3) is 0.500. The maximum atomic E-state index is 11.7. The SMILES string of the molecule is CCCNC(=O)CCNC(=O)CCc1ccc(S(=O)(=O)NC)cc1. The van der Waals surface area contributed by atoms with Gasteiger partial charge in [-0.05, 0) is 37.6 Å². The number of hydrogen-bond donors (Lipinski definition) is 3. The van der Waals surface area contributed by atoms with E-state index in [0.29, 0.717) is 19.5 Å². The van der Waals surface area contributed by atoms with Gasteiger partial charge in [-0.2, -0.15) is 0 Å². The molecule has 24 heavy (non-hydrogen) atoms. The molecule has 0 saturated carbocycles. The van der Waals surface area contributed by atoms with E-state index in [4.69, 9.17) is 0 Å². The van der Waals surface area contributed by atoms with Crippen LogP contribution in [0.15, 0.2) is 29.2 Å². The summed E-state index contributed by atoms with van der Waals surface area (Å²) >= 11 is 0. The van der Waals surface area contributed by atoms with E-state index < -0.39 is 10.0 Å². The fourth-order valence-electron chi connectivity index (χ4n) is 1.97. The third-order valence-electron chi connectivity index (χ3n) is 3.39. The lowest BCUT2D eigenvalue weighted by atomic mass is 10.1. The summed E-state index contributed by atoms with van der Waals surface area (Å²) in [4.78, 5) is 23.3. The predicted octanol–water partition coefficient (Wildman–Crippen LogP) is 0.560. The van der Waals surface area contributed by atoms with E-state index in [1.165, 1.54) is 19.2 Å². The normalized spacial score (nSPS) is 11.1. The van der Waals surface area contributed by atoms with Gasteiger partial charge in [-0.15, -0.1) is 0 Å². The quantitative estimate of drug-likeness (QED) is 0.570. The van der Waals surface area contributed by atoms with Gasteiger partial charge in [0.2, 0.25) is 21.8 Å². The zero-order valence-electron chi connectivity index (χ0n) is 14.1. The number of benzene rings is 1. The highest BCUT2D eigenvalue weighted by molar-refractivity contribution is 7.89. The van der Waals surface area contributed by atoms with E-state index in [2.05, 4.69) is 15.4 Å². The summed E-state index contributed by atoms with van der Waals surface area (Å²) in [6, 6.07) is 6.40. The van der Waals surface area contributed by atoms with E-state index in [1.54, 1.807) is 12.1 Å². The van der Waals surface area contributed by atoms with Crippen LogP contribution in [-0.4, -0.2) is 40.4 Å². The Bertz CT molecular complexity index is 642. The topological polar surface area (TPSA) is 104 Å². The number of carbonyl (C=O) groups excluding carboxylic acids is 2. The molecule has 0 spiro atoms. The number of hydrogen-bond acceptors (Lipinski definition) is 4. The second-order valence-corrected chi connectivity index (χ2v) is 7.19. The van der Waals surface area contributed by atoms with E-state index in [9.17, 15) is 18.0 Å². The van der Waals surface area contributed by atoms with Crippen LogP contribution in [0.1, 0.15) is 31.7 Å². The van der Waals surface area contributed by atoms with Crippen molar-refractivity contribution in [2.24, 2.45) is 0 Å². The van der Waals surface area contributed by atoms with E-state index in [1.807, 2.05) is 6.92 Å². The first-order valence-electron chi connectivity index (χ1n) is 7.95. The molecule has 0 unspecified atom stereocenters. The van der Waals surface area contributed by atoms with Crippen molar-refractivity contribution in [1.82, 2.24) is 15.4 Å². The third-order valence-corrected chi connectivity index (χ3v) is 4.82. The van der Waals surface area contributed by atoms with Gasteiger partial charge in [0.05, 0.1) is 4.90 Å². The van der Waals surface area contributed by atoms with Gasteiger partial charge in [0.1, 0.15) is 0 Å². The molecule has 2 amide bonds. The summed E-state index contributed by atoms with van der Waals surface area (Å²) in [6.45, 7) is 2.93. The molecule has 0 aromatic heterocycles. The minimum absolute atomic E-state index is 0.0709. The molecule has 0 heterocycles. The van der Waals surface area contributed by atoms with Gasteiger partial charge in [0.15, 0.2) is 0 Å².